The van der Waals surface area contributed by atoms with Crippen LogP contribution in [0.15, 0.2) is 21.8 Å². The van der Waals surface area contributed by atoms with Gasteiger partial charge in [-0.1, -0.05) is 20.8 Å². The number of hydrogen-bond acceptors (Lipinski definition) is 3. The fraction of sp³-hybridized carbons (Fsp3) is 0.684. The van der Waals surface area contributed by atoms with Crippen molar-refractivity contribution in [1.29, 1.82) is 0 Å². The molecular formula is C19H33IN4OS. The van der Waals surface area contributed by atoms with E-state index >= 15 is 0 Å². The number of rotatable bonds is 6. The highest BCUT2D eigenvalue weighted by molar-refractivity contribution is 14.0. The molecule has 0 aliphatic carbocycles. The lowest BCUT2D eigenvalue weighted by atomic mass is 10.0. The molecule has 26 heavy (non-hydrogen) atoms. The number of carbonyl (C=O) groups is 1. The summed E-state index contributed by atoms with van der Waals surface area (Å²) in [4.78, 5) is 18.8. The molecule has 2 rings (SSSR count). The summed E-state index contributed by atoms with van der Waals surface area (Å²) >= 11 is 1.73. The number of likely N-dealkylation sites (tertiary alicyclic amines) is 1. The van der Waals surface area contributed by atoms with Gasteiger partial charge in [0.25, 0.3) is 0 Å². The first-order chi connectivity index (χ1) is 12.0. The summed E-state index contributed by atoms with van der Waals surface area (Å²) in [6.07, 6.45) is 1.95. The summed E-state index contributed by atoms with van der Waals surface area (Å²) in [6.45, 7) is 11.5. The van der Waals surface area contributed by atoms with Crippen molar-refractivity contribution in [2.24, 2.45) is 10.9 Å². The van der Waals surface area contributed by atoms with Crippen LogP contribution in [0.4, 0.5) is 0 Å². The zero-order chi connectivity index (χ0) is 18.2. The molecular weight excluding hydrogens is 459 g/mol. The van der Waals surface area contributed by atoms with Gasteiger partial charge in [-0.3, -0.25) is 9.79 Å². The average molecular weight is 492 g/mol. The largest absolute Gasteiger partial charge is 0.357 e. The highest BCUT2D eigenvalue weighted by atomic mass is 127. The predicted molar refractivity (Wildman–Crippen MR) is 122 cm³/mol. The number of amides is 1. The first-order valence-corrected chi connectivity index (χ1v) is 10.3. The van der Waals surface area contributed by atoms with Crippen molar-refractivity contribution in [3.63, 3.8) is 0 Å². The first kappa shape index (κ1) is 23.2. The van der Waals surface area contributed by atoms with Gasteiger partial charge in [0.15, 0.2) is 5.96 Å². The molecule has 1 aliphatic rings. The molecule has 0 saturated carbocycles. The molecule has 1 unspecified atom stereocenters. The number of piperidine rings is 1. The third-order valence-corrected chi connectivity index (χ3v) is 5.32. The van der Waals surface area contributed by atoms with E-state index in [4.69, 9.17) is 4.99 Å². The second-order valence-corrected chi connectivity index (χ2v) is 7.86. The van der Waals surface area contributed by atoms with Gasteiger partial charge in [-0.25, -0.2) is 0 Å². The number of nitrogens with one attached hydrogen (secondary N) is 2. The van der Waals surface area contributed by atoms with Crippen molar-refractivity contribution in [2.45, 2.75) is 52.5 Å². The minimum Gasteiger partial charge on any atom is -0.357 e. The van der Waals surface area contributed by atoms with Crippen LogP contribution in [0.3, 0.4) is 0 Å². The maximum Gasteiger partial charge on any atom is 0.225 e. The second-order valence-electron chi connectivity index (χ2n) is 7.08. The van der Waals surface area contributed by atoms with E-state index in [0.29, 0.717) is 12.0 Å². The number of nitrogens with zero attached hydrogens (tertiary/aromatic N) is 2. The van der Waals surface area contributed by atoms with E-state index in [0.717, 1.165) is 45.0 Å². The molecule has 1 saturated heterocycles. The molecule has 2 N–H and O–H groups in total. The molecule has 1 aromatic heterocycles. The van der Waals surface area contributed by atoms with Crippen molar-refractivity contribution in [2.75, 3.05) is 26.2 Å². The van der Waals surface area contributed by atoms with Gasteiger partial charge in [-0.2, -0.15) is 11.3 Å². The van der Waals surface area contributed by atoms with Gasteiger partial charge in [0.2, 0.25) is 5.91 Å². The van der Waals surface area contributed by atoms with Crippen molar-refractivity contribution >= 4 is 47.2 Å². The summed E-state index contributed by atoms with van der Waals surface area (Å²) in [5.74, 6) is 1.66. The van der Waals surface area contributed by atoms with E-state index in [2.05, 4.69) is 41.3 Å². The summed E-state index contributed by atoms with van der Waals surface area (Å²) in [5.41, 5.74) is 1.35. The van der Waals surface area contributed by atoms with Crippen molar-refractivity contribution in [3.05, 3.63) is 22.4 Å². The molecule has 5 nitrogen and oxygen atoms in total. The first-order valence-electron chi connectivity index (χ1n) is 9.37. The van der Waals surface area contributed by atoms with Crippen LogP contribution < -0.4 is 10.6 Å². The zero-order valence-electron chi connectivity index (χ0n) is 16.3. The Labute approximate surface area is 179 Å². The van der Waals surface area contributed by atoms with Crippen molar-refractivity contribution in [3.8, 4) is 0 Å². The predicted octanol–water partition coefficient (Wildman–Crippen LogP) is 3.67. The fourth-order valence-corrected chi connectivity index (χ4v) is 3.79. The van der Waals surface area contributed by atoms with Crippen molar-refractivity contribution < 1.29 is 4.79 Å². The van der Waals surface area contributed by atoms with Crippen LogP contribution in [-0.2, 0) is 4.79 Å². The number of carbonyl (C=O) groups excluding carboxylic acids is 1. The molecule has 1 fully saturated rings. The van der Waals surface area contributed by atoms with E-state index in [1.165, 1.54) is 5.56 Å². The normalized spacial score (nSPS) is 17.0. The van der Waals surface area contributed by atoms with Gasteiger partial charge in [-0.15, -0.1) is 24.0 Å². The van der Waals surface area contributed by atoms with Gasteiger partial charge in [0, 0.05) is 44.1 Å². The van der Waals surface area contributed by atoms with Crippen LogP contribution in [0.25, 0.3) is 0 Å². The smallest absolute Gasteiger partial charge is 0.225 e. The van der Waals surface area contributed by atoms with Gasteiger partial charge >= 0.3 is 0 Å². The Balaban J connectivity index is 0.00000338. The van der Waals surface area contributed by atoms with Crippen LogP contribution in [-0.4, -0.2) is 49.0 Å². The Hall–Kier alpha value is -0.830. The third-order valence-electron chi connectivity index (χ3n) is 4.62. The van der Waals surface area contributed by atoms with Crippen LogP contribution >= 0.6 is 35.3 Å². The molecule has 7 heteroatoms. The number of hydrogen-bond donors (Lipinski definition) is 2. The van der Waals surface area contributed by atoms with Crippen molar-refractivity contribution in [1.82, 2.24) is 15.5 Å². The molecule has 0 spiro atoms. The van der Waals surface area contributed by atoms with E-state index in [1.54, 1.807) is 11.3 Å². The maximum absolute atomic E-state index is 12.1. The summed E-state index contributed by atoms with van der Waals surface area (Å²) in [7, 11) is 0. The molecule has 148 valence electrons. The standard InChI is InChI=1S/C19H32N4OS.HI/c1-5-20-19(21-12-15(4)16-8-11-25-13-16)22-17-6-9-23(10-7-17)18(24)14(2)3;/h8,11,13-15,17H,5-7,9-10,12H2,1-4H3,(H2,20,21,22);1H. The third kappa shape index (κ3) is 7.06. The lowest BCUT2D eigenvalue weighted by Crippen LogP contribution is -2.50. The van der Waals surface area contributed by atoms with Crippen LogP contribution in [0.1, 0.15) is 52.0 Å². The van der Waals surface area contributed by atoms with E-state index < -0.39 is 0 Å². The van der Waals surface area contributed by atoms with E-state index in [9.17, 15) is 4.79 Å². The second kappa shape index (κ2) is 11.8. The van der Waals surface area contributed by atoms with E-state index in [-0.39, 0.29) is 35.8 Å². The zero-order valence-corrected chi connectivity index (χ0v) is 19.5. The fourth-order valence-electron chi connectivity index (χ4n) is 3.01. The van der Waals surface area contributed by atoms with Crippen LogP contribution in [0.5, 0.6) is 0 Å². The quantitative estimate of drug-likeness (QED) is 0.362. The minimum absolute atomic E-state index is 0. The molecule has 1 aromatic rings. The maximum atomic E-state index is 12.1. The number of guanidine groups is 1. The topological polar surface area (TPSA) is 56.7 Å². The van der Waals surface area contributed by atoms with E-state index in [1.807, 2.05) is 18.7 Å². The Kier molecular flexibility index (Phi) is 10.5. The highest BCUT2D eigenvalue weighted by Crippen LogP contribution is 2.18. The summed E-state index contributed by atoms with van der Waals surface area (Å²) in [5, 5.41) is 11.2. The lowest BCUT2D eigenvalue weighted by molar-refractivity contribution is -0.135. The van der Waals surface area contributed by atoms with Gasteiger partial charge < -0.3 is 15.5 Å². The summed E-state index contributed by atoms with van der Waals surface area (Å²) < 4.78 is 0. The molecule has 0 radical (unpaired) electrons. The average Bonchev–Trinajstić information content (AvgIpc) is 3.14. The SMILES string of the molecule is CCNC(=NCC(C)c1ccsc1)NC1CCN(C(=O)C(C)C)CC1.I. The Morgan fingerprint density at radius 1 is 1.35 bits per heavy atom. The Bertz CT molecular complexity index is 554. The summed E-state index contributed by atoms with van der Waals surface area (Å²) in [6, 6.07) is 2.55. The molecule has 0 bridgehead atoms. The van der Waals surface area contributed by atoms with Gasteiger partial charge in [-0.05, 0) is 42.2 Å². The number of thiophene rings is 1. The van der Waals surface area contributed by atoms with Crippen LogP contribution in [0, 0.1) is 5.92 Å². The van der Waals surface area contributed by atoms with Gasteiger partial charge in [0.05, 0.1) is 0 Å². The Morgan fingerprint density at radius 2 is 2.04 bits per heavy atom. The molecule has 1 amide bonds. The molecule has 1 aliphatic heterocycles. The molecule has 2 heterocycles. The van der Waals surface area contributed by atoms with Crippen LogP contribution in [0.2, 0.25) is 0 Å². The number of aliphatic imine (C=N–C) groups is 1. The highest BCUT2D eigenvalue weighted by Gasteiger charge is 2.24. The molecule has 0 aromatic carbocycles. The minimum atomic E-state index is 0. The van der Waals surface area contributed by atoms with Gasteiger partial charge in [0.1, 0.15) is 0 Å². The Morgan fingerprint density at radius 3 is 2.58 bits per heavy atom. The molecule has 1 atom stereocenters. The monoisotopic (exact) mass is 492 g/mol. The number of halogens is 1. The lowest BCUT2D eigenvalue weighted by Gasteiger charge is -2.34.